The van der Waals surface area contributed by atoms with Crippen LogP contribution in [-0.2, 0) is 4.74 Å². The monoisotopic (exact) mass is 326 g/mol. The maximum absolute atomic E-state index is 12.6. The van der Waals surface area contributed by atoms with Crippen LogP contribution >= 0.6 is 0 Å². The molecule has 23 heavy (non-hydrogen) atoms. The Bertz CT molecular complexity index is 318. The summed E-state index contributed by atoms with van der Waals surface area (Å²) in [6, 6.07) is 0.352. The van der Waals surface area contributed by atoms with E-state index in [1.807, 2.05) is 25.7 Å². The molecule has 1 rings (SSSR count). The van der Waals surface area contributed by atoms with Crippen molar-refractivity contribution in [1.82, 2.24) is 10.2 Å². The Balaban J connectivity index is 2.51. The minimum absolute atomic E-state index is 0.139. The van der Waals surface area contributed by atoms with Crippen molar-refractivity contribution < 1.29 is 9.53 Å². The molecule has 1 amide bonds. The lowest BCUT2D eigenvalue weighted by atomic mass is 10.1. The van der Waals surface area contributed by atoms with Gasteiger partial charge in [-0.15, -0.1) is 0 Å². The number of rotatable bonds is 8. The number of unbranched alkanes of at least 4 members (excludes halogenated alkanes) is 2. The van der Waals surface area contributed by atoms with Crippen LogP contribution in [0.25, 0.3) is 0 Å². The molecule has 136 valence electrons. The molecule has 4 heteroatoms. The van der Waals surface area contributed by atoms with Crippen molar-refractivity contribution in [2.75, 3.05) is 19.6 Å². The molecule has 1 saturated carbocycles. The van der Waals surface area contributed by atoms with Gasteiger partial charge in [0.25, 0.3) is 0 Å². The molecule has 0 bridgehead atoms. The highest BCUT2D eigenvalue weighted by molar-refractivity contribution is 5.68. The molecular formula is C19H38N2O2. The van der Waals surface area contributed by atoms with Gasteiger partial charge in [-0.3, -0.25) is 0 Å². The smallest absolute Gasteiger partial charge is 0.410 e. The molecular weight excluding hydrogens is 288 g/mol. The molecule has 1 aliphatic rings. The summed E-state index contributed by atoms with van der Waals surface area (Å²) in [6.07, 6.45) is 10.9. The van der Waals surface area contributed by atoms with E-state index in [1.54, 1.807) is 0 Å². The fourth-order valence-corrected chi connectivity index (χ4v) is 3.14. The topological polar surface area (TPSA) is 41.6 Å². The van der Waals surface area contributed by atoms with Gasteiger partial charge < -0.3 is 15.0 Å². The second-order valence-electron chi connectivity index (χ2n) is 7.78. The second kappa shape index (κ2) is 10.9. The Morgan fingerprint density at radius 1 is 1.09 bits per heavy atom. The quantitative estimate of drug-likeness (QED) is 0.518. The lowest BCUT2D eigenvalue weighted by Gasteiger charge is -2.33. The van der Waals surface area contributed by atoms with Crippen molar-refractivity contribution in [2.45, 2.75) is 97.1 Å². The predicted molar refractivity (Wildman–Crippen MR) is 96.8 cm³/mol. The molecule has 0 aromatic rings. The number of amides is 1. The summed E-state index contributed by atoms with van der Waals surface area (Å²) in [6.45, 7) is 10.7. The molecule has 0 aromatic heterocycles. The molecule has 0 heterocycles. The molecule has 0 radical (unpaired) electrons. The maximum Gasteiger partial charge on any atom is 0.410 e. The number of carbonyl (C=O) groups is 1. The molecule has 0 unspecified atom stereocenters. The lowest BCUT2D eigenvalue weighted by molar-refractivity contribution is 0.0147. The largest absolute Gasteiger partial charge is 0.444 e. The van der Waals surface area contributed by atoms with Crippen LogP contribution in [0.4, 0.5) is 4.79 Å². The van der Waals surface area contributed by atoms with Gasteiger partial charge in [0.05, 0.1) is 0 Å². The van der Waals surface area contributed by atoms with E-state index in [-0.39, 0.29) is 6.09 Å². The highest BCUT2D eigenvalue weighted by atomic mass is 16.6. The zero-order chi connectivity index (χ0) is 17.1. The first-order valence-electron chi connectivity index (χ1n) is 9.64. The van der Waals surface area contributed by atoms with Crippen LogP contribution in [0.2, 0.25) is 0 Å². The summed E-state index contributed by atoms with van der Waals surface area (Å²) in [7, 11) is 0. The molecule has 1 aliphatic carbocycles. The minimum Gasteiger partial charge on any atom is -0.444 e. The third-order valence-corrected chi connectivity index (χ3v) is 4.38. The van der Waals surface area contributed by atoms with Crippen LogP contribution in [-0.4, -0.2) is 42.3 Å². The summed E-state index contributed by atoms with van der Waals surface area (Å²) in [4.78, 5) is 14.6. The molecule has 0 saturated heterocycles. The van der Waals surface area contributed by atoms with Crippen LogP contribution in [0.3, 0.4) is 0 Å². The van der Waals surface area contributed by atoms with Crippen LogP contribution in [0, 0.1) is 0 Å². The second-order valence-corrected chi connectivity index (χ2v) is 7.78. The van der Waals surface area contributed by atoms with Gasteiger partial charge in [-0.05, 0) is 46.6 Å². The van der Waals surface area contributed by atoms with E-state index in [9.17, 15) is 4.79 Å². The number of nitrogens with zero attached hydrogens (tertiary/aromatic N) is 1. The summed E-state index contributed by atoms with van der Waals surface area (Å²) in [5, 5.41) is 3.47. The molecule has 0 aliphatic heterocycles. The lowest BCUT2D eigenvalue weighted by Crippen LogP contribution is -2.46. The summed E-state index contributed by atoms with van der Waals surface area (Å²) in [5.41, 5.74) is -0.422. The fourth-order valence-electron chi connectivity index (χ4n) is 3.14. The van der Waals surface area contributed by atoms with Crippen LogP contribution in [0.15, 0.2) is 0 Å². The zero-order valence-electron chi connectivity index (χ0n) is 15.8. The first-order chi connectivity index (χ1) is 10.9. The van der Waals surface area contributed by atoms with Crippen molar-refractivity contribution in [2.24, 2.45) is 0 Å². The third kappa shape index (κ3) is 9.19. The van der Waals surface area contributed by atoms with Gasteiger partial charge in [0, 0.05) is 19.1 Å². The number of hydrogen-bond acceptors (Lipinski definition) is 3. The third-order valence-electron chi connectivity index (χ3n) is 4.38. The molecule has 1 N–H and O–H groups in total. The van der Waals surface area contributed by atoms with Gasteiger partial charge in [0.15, 0.2) is 0 Å². The van der Waals surface area contributed by atoms with Gasteiger partial charge in [-0.2, -0.15) is 0 Å². The first kappa shape index (κ1) is 20.3. The Labute approximate surface area is 143 Å². The van der Waals surface area contributed by atoms with E-state index in [2.05, 4.69) is 12.2 Å². The molecule has 1 fully saturated rings. The number of carbonyl (C=O) groups excluding carboxylic acids is 1. The highest BCUT2D eigenvalue weighted by Crippen LogP contribution is 2.23. The fraction of sp³-hybridized carbons (Fsp3) is 0.947. The van der Waals surface area contributed by atoms with E-state index < -0.39 is 5.60 Å². The average Bonchev–Trinajstić information content (AvgIpc) is 2.73. The Hall–Kier alpha value is -0.770. The first-order valence-corrected chi connectivity index (χ1v) is 9.64. The van der Waals surface area contributed by atoms with E-state index in [1.165, 1.54) is 44.9 Å². The van der Waals surface area contributed by atoms with Gasteiger partial charge in [0.2, 0.25) is 0 Å². The van der Waals surface area contributed by atoms with E-state index in [0.29, 0.717) is 6.04 Å². The summed E-state index contributed by atoms with van der Waals surface area (Å²) >= 11 is 0. The van der Waals surface area contributed by atoms with Crippen molar-refractivity contribution in [3.05, 3.63) is 0 Å². The normalized spacial score (nSPS) is 16.9. The minimum atomic E-state index is -0.422. The number of hydrogen-bond donors (Lipinski definition) is 1. The molecule has 0 aromatic carbocycles. The van der Waals surface area contributed by atoms with Crippen molar-refractivity contribution in [1.29, 1.82) is 0 Å². The van der Waals surface area contributed by atoms with Crippen LogP contribution < -0.4 is 5.32 Å². The number of ether oxygens (including phenoxy) is 1. The summed E-state index contributed by atoms with van der Waals surface area (Å²) < 4.78 is 5.65. The molecule has 4 nitrogen and oxygen atoms in total. The van der Waals surface area contributed by atoms with Gasteiger partial charge in [-0.1, -0.05) is 45.4 Å². The van der Waals surface area contributed by atoms with E-state index in [0.717, 1.165) is 32.5 Å². The Kier molecular flexibility index (Phi) is 9.61. The Morgan fingerprint density at radius 3 is 2.30 bits per heavy atom. The zero-order valence-corrected chi connectivity index (χ0v) is 15.8. The standard InChI is InChI=1S/C19H38N2O2/c1-5-6-11-14-20-15-16-21(18(22)23-19(2,3)4)17-12-9-7-8-10-13-17/h17,20H,5-16H2,1-4H3. The number of nitrogens with one attached hydrogen (secondary N) is 1. The van der Waals surface area contributed by atoms with Crippen molar-refractivity contribution in [3.63, 3.8) is 0 Å². The van der Waals surface area contributed by atoms with Gasteiger partial charge in [0.1, 0.15) is 5.60 Å². The molecule has 0 atom stereocenters. The van der Waals surface area contributed by atoms with Crippen LogP contribution in [0.5, 0.6) is 0 Å². The molecule has 0 spiro atoms. The average molecular weight is 327 g/mol. The van der Waals surface area contributed by atoms with Crippen molar-refractivity contribution in [3.8, 4) is 0 Å². The Morgan fingerprint density at radius 2 is 1.74 bits per heavy atom. The summed E-state index contributed by atoms with van der Waals surface area (Å²) in [5.74, 6) is 0. The van der Waals surface area contributed by atoms with E-state index >= 15 is 0 Å². The van der Waals surface area contributed by atoms with Gasteiger partial charge in [-0.25, -0.2) is 4.79 Å². The SMILES string of the molecule is CCCCCNCCN(C(=O)OC(C)(C)C)C1CCCCCC1. The van der Waals surface area contributed by atoms with Gasteiger partial charge >= 0.3 is 6.09 Å². The highest BCUT2D eigenvalue weighted by Gasteiger charge is 2.28. The van der Waals surface area contributed by atoms with Crippen LogP contribution in [0.1, 0.15) is 85.5 Å². The van der Waals surface area contributed by atoms with Crippen molar-refractivity contribution >= 4 is 6.09 Å². The van der Waals surface area contributed by atoms with E-state index in [4.69, 9.17) is 4.74 Å². The predicted octanol–water partition coefficient (Wildman–Crippen LogP) is 4.73. The maximum atomic E-state index is 12.6.